The van der Waals surface area contributed by atoms with E-state index in [0.717, 1.165) is 36.1 Å². The van der Waals surface area contributed by atoms with Crippen molar-refractivity contribution < 1.29 is 4.79 Å². The Morgan fingerprint density at radius 1 is 1.39 bits per heavy atom. The third kappa shape index (κ3) is 3.03. The molecule has 1 atom stereocenters. The van der Waals surface area contributed by atoms with E-state index in [1.807, 2.05) is 36.9 Å². The minimum atomic E-state index is 0. The number of nitrogens with two attached hydrogens (primary N) is 1. The van der Waals surface area contributed by atoms with Crippen molar-refractivity contribution in [2.24, 2.45) is 5.73 Å². The van der Waals surface area contributed by atoms with Crippen molar-refractivity contribution in [1.82, 2.24) is 4.90 Å². The summed E-state index contributed by atoms with van der Waals surface area (Å²) in [5, 5.41) is 0. The van der Waals surface area contributed by atoms with Crippen LogP contribution in [-0.2, 0) is 0 Å². The second kappa shape index (κ2) is 6.21. The van der Waals surface area contributed by atoms with Gasteiger partial charge in [-0.05, 0) is 43.9 Å². The van der Waals surface area contributed by atoms with Crippen molar-refractivity contribution >= 4 is 18.3 Å². The van der Waals surface area contributed by atoms with E-state index in [4.69, 9.17) is 5.73 Å². The first-order valence-electron chi connectivity index (χ1n) is 6.20. The van der Waals surface area contributed by atoms with E-state index >= 15 is 0 Å². The molecule has 2 rings (SSSR count). The monoisotopic (exact) mass is 268 g/mol. The maximum Gasteiger partial charge on any atom is 0.254 e. The maximum absolute atomic E-state index is 12.4. The molecule has 1 aromatic carbocycles. The highest BCUT2D eigenvalue weighted by atomic mass is 35.5. The van der Waals surface area contributed by atoms with Crippen molar-refractivity contribution in [3.63, 3.8) is 0 Å². The average molecular weight is 269 g/mol. The second-order valence-electron chi connectivity index (χ2n) is 4.90. The summed E-state index contributed by atoms with van der Waals surface area (Å²) in [6.07, 6.45) is 2.04. The Morgan fingerprint density at radius 2 is 2.11 bits per heavy atom. The summed E-state index contributed by atoms with van der Waals surface area (Å²) >= 11 is 0. The molecule has 0 bridgehead atoms. The predicted octanol–water partition coefficient (Wildman–Crippen LogP) is 2.29. The van der Waals surface area contributed by atoms with Crippen LogP contribution in [0.2, 0.25) is 0 Å². The summed E-state index contributed by atoms with van der Waals surface area (Å²) in [5.74, 6) is 0.126. The van der Waals surface area contributed by atoms with E-state index in [9.17, 15) is 4.79 Å². The molecular formula is C14H21ClN2O. The molecule has 1 amide bonds. The summed E-state index contributed by atoms with van der Waals surface area (Å²) in [4.78, 5) is 14.3. The second-order valence-corrected chi connectivity index (χ2v) is 4.90. The highest BCUT2D eigenvalue weighted by molar-refractivity contribution is 5.96. The van der Waals surface area contributed by atoms with E-state index in [1.54, 1.807) is 0 Å². The standard InChI is InChI=1S/C14H20N2O.ClH/c1-10-5-3-7-13(11(10)2)14(17)16-8-4-6-12(15)9-16;/h3,5,7,12H,4,6,8-9,15H2,1-2H3;1H/t12-;/m1./s1. The largest absolute Gasteiger partial charge is 0.337 e. The first-order valence-corrected chi connectivity index (χ1v) is 6.20. The molecule has 3 nitrogen and oxygen atoms in total. The highest BCUT2D eigenvalue weighted by Crippen LogP contribution is 2.17. The normalized spacial score (nSPS) is 19.3. The van der Waals surface area contributed by atoms with Gasteiger partial charge in [0.05, 0.1) is 0 Å². The molecule has 1 aromatic rings. The van der Waals surface area contributed by atoms with Crippen molar-refractivity contribution in [3.8, 4) is 0 Å². The smallest absolute Gasteiger partial charge is 0.254 e. The number of piperidine rings is 1. The average Bonchev–Trinajstić information content (AvgIpc) is 2.32. The van der Waals surface area contributed by atoms with Crippen LogP contribution in [0.3, 0.4) is 0 Å². The molecule has 0 saturated carbocycles. The summed E-state index contributed by atoms with van der Waals surface area (Å²) in [6.45, 7) is 5.56. The van der Waals surface area contributed by atoms with Gasteiger partial charge in [-0.15, -0.1) is 12.4 Å². The van der Waals surface area contributed by atoms with Gasteiger partial charge in [0, 0.05) is 24.7 Å². The lowest BCUT2D eigenvalue weighted by Gasteiger charge is -2.31. The zero-order chi connectivity index (χ0) is 12.4. The number of benzene rings is 1. The van der Waals surface area contributed by atoms with Gasteiger partial charge in [-0.25, -0.2) is 0 Å². The van der Waals surface area contributed by atoms with Crippen molar-refractivity contribution in [1.29, 1.82) is 0 Å². The lowest BCUT2D eigenvalue weighted by molar-refractivity contribution is 0.0708. The Bertz CT molecular complexity index is 434. The topological polar surface area (TPSA) is 46.3 Å². The molecule has 0 spiro atoms. The Balaban J connectivity index is 0.00000162. The molecular weight excluding hydrogens is 248 g/mol. The van der Waals surface area contributed by atoms with Crippen LogP contribution in [-0.4, -0.2) is 29.9 Å². The van der Waals surface area contributed by atoms with Gasteiger partial charge in [0.25, 0.3) is 5.91 Å². The van der Waals surface area contributed by atoms with Crippen LogP contribution in [0.25, 0.3) is 0 Å². The van der Waals surface area contributed by atoms with Gasteiger partial charge in [-0.2, -0.15) is 0 Å². The van der Waals surface area contributed by atoms with Crippen LogP contribution in [0.1, 0.15) is 34.3 Å². The van der Waals surface area contributed by atoms with Crippen LogP contribution in [0.15, 0.2) is 18.2 Å². The molecule has 100 valence electrons. The van der Waals surface area contributed by atoms with Crippen molar-refractivity contribution in [3.05, 3.63) is 34.9 Å². The molecule has 0 radical (unpaired) electrons. The molecule has 1 aliphatic rings. The van der Waals surface area contributed by atoms with Crippen molar-refractivity contribution in [2.45, 2.75) is 32.7 Å². The number of likely N-dealkylation sites (tertiary alicyclic amines) is 1. The molecule has 0 aromatic heterocycles. The minimum Gasteiger partial charge on any atom is -0.337 e. The molecule has 0 aliphatic carbocycles. The van der Waals surface area contributed by atoms with E-state index in [2.05, 4.69) is 0 Å². The number of amides is 1. The molecule has 18 heavy (non-hydrogen) atoms. The summed E-state index contributed by atoms with van der Waals surface area (Å²) in [7, 11) is 0. The van der Waals surface area contributed by atoms with Crippen LogP contribution in [0.4, 0.5) is 0 Å². The number of hydrogen-bond acceptors (Lipinski definition) is 2. The van der Waals surface area contributed by atoms with Crippen LogP contribution in [0, 0.1) is 13.8 Å². The Hall–Kier alpha value is -1.06. The van der Waals surface area contributed by atoms with E-state index in [1.165, 1.54) is 0 Å². The lowest BCUT2D eigenvalue weighted by Crippen LogP contribution is -2.45. The molecule has 1 aliphatic heterocycles. The van der Waals surface area contributed by atoms with Gasteiger partial charge in [-0.1, -0.05) is 12.1 Å². The third-order valence-corrected chi connectivity index (χ3v) is 3.58. The van der Waals surface area contributed by atoms with Gasteiger partial charge >= 0.3 is 0 Å². The summed E-state index contributed by atoms with van der Waals surface area (Å²) < 4.78 is 0. The molecule has 2 N–H and O–H groups in total. The first kappa shape index (κ1) is 15.0. The Labute approximate surface area is 115 Å². The molecule has 1 heterocycles. The Morgan fingerprint density at radius 3 is 2.78 bits per heavy atom. The van der Waals surface area contributed by atoms with Crippen LogP contribution < -0.4 is 5.73 Å². The number of carbonyl (C=O) groups excluding carboxylic acids is 1. The number of halogens is 1. The zero-order valence-electron chi connectivity index (χ0n) is 11.0. The third-order valence-electron chi connectivity index (χ3n) is 3.58. The summed E-state index contributed by atoms with van der Waals surface area (Å²) in [5.41, 5.74) is 8.98. The highest BCUT2D eigenvalue weighted by Gasteiger charge is 2.23. The van der Waals surface area contributed by atoms with E-state index < -0.39 is 0 Å². The Kier molecular flexibility index (Phi) is 5.17. The van der Waals surface area contributed by atoms with Crippen molar-refractivity contribution in [2.75, 3.05) is 13.1 Å². The van der Waals surface area contributed by atoms with E-state index in [-0.39, 0.29) is 24.4 Å². The fraction of sp³-hybridized carbons (Fsp3) is 0.500. The predicted molar refractivity (Wildman–Crippen MR) is 76.3 cm³/mol. The number of rotatable bonds is 1. The fourth-order valence-electron chi connectivity index (χ4n) is 2.35. The zero-order valence-corrected chi connectivity index (χ0v) is 11.8. The summed E-state index contributed by atoms with van der Waals surface area (Å²) in [6, 6.07) is 6.02. The molecule has 4 heteroatoms. The van der Waals surface area contributed by atoms with Crippen LogP contribution in [0.5, 0.6) is 0 Å². The maximum atomic E-state index is 12.4. The van der Waals surface area contributed by atoms with Gasteiger partial charge in [-0.3, -0.25) is 4.79 Å². The van der Waals surface area contributed by atoms with Gasteiger partial charge in [0.2, 0.25) is 0 Å². The molecule has 0 unspecified atom stereocenters. The number of nitrogens with zero attached hydrogens (tertiary/aromatic N) is 1. The minimum absolute atomic E-state index is 0. The number of hydrogen-bond donors (Lipinski definition) is 1. The SMILES string of the molecule is Cc1cccc(C(=O)N2CCC[C@@H](N)C2)c1C.Cl. The van der Waals surface area contributed by atoms with Gasteiger partial charge in [0.1, 0.15) is 0 Å². The molecule has 1 fully saturated rings. The van der Waals surface area contributed by atoms with Gasteiger partial charge in [0.15, 0.2) is 0 Å². The van der Waals surface area contributed by atoms with Crippen LogP contribution >= 0.6 is 12.4 Å². The van der Waals surface area contributed by atoms with E-state index in [0.29, 0.717) is 6.54 Å². The first-order chi connectivity index (χ1) is 8.09. The number of carbonyl (C=O) groups is 1. The fourth-order valence-corrected chi connectivity index (χ4v) is 2.35. The lowest BCUT2D eigenvalue weighted by atomic mass is 10.0. The molecule has 1 saturated heterocycles. The number of aryl methyl sites for hydroxylation is 1. The quantitative estimate of drug-likeness (QED) is 0.849. The van der Waals surface area contributed by atoms with Gasteiger partial charge < -0.3 is 10.6 Å².